The van der Waals surface area contributed by atoms with E-state index < -0.39 is 0 Å². The molecule has 0 N–H and O–H groups in total. The quantitative estimate of drug-likeness (QED) is 0.682. The minimum atomic E-state index is -0.215. The van der Waals surface area contributed by atoms with Gasteiger partial charge in [-0.1, -0.05) is 30.3 Å². The van der Waals surface area contributed by atoms with Crippen LogP contribution >= 0.6 is 0 Å². The van der Waals surface area contributed by atoms with E-state index in [1.807, 2.05) is 66.9 Å². The largest absolute Gasteiger partial charge is 0.303 e. The third-order valence-corrected chi connectivity index (χ3v) is 4.26. The van der Waals surface area contributed by atoms with Crippen molar-refractivity contribution in [2.24, 2.45) is 0 Å². The molecule has 0 bridgehead atoms. The average Bonchev–Trinajstić information content (AvgIpc) is 2.99. The molecule has 0 radical (unpaired) electrons. The lowest BCUT2D eigenvalue weighted by Crippen LogP contribution is -2.26. The van der Waals surface area contributed by atoms with Crippen molar-refractivity contribution in [3.8, 4) is 16.9 Å². The van der Waals surface area contributed by atoms with Crippen molar-refractivity contribution >= 4 is 5.91 Å². The summed E-state index contributed by atoms with van der Waals surface area (Å²) in [4.78, 5) is 22.5. The van der Waals surface area contributed by atoms with Gasteiger partial charge in [-0.3, -0.25) is 9.63 Å². The molecule has 2 heterocycles. The number of amides is 1. The van der Waals surface area contributed by atoms with Gasteiger partial charge in [-0.15, -0.1) is 0 Å². The molecule has 0 aliphatic carbocycles. The lowest BCUT2D eigenvalue weighted by molar-refractivity contribution is -0.0756. The first-order valence-electron chi connectivity index (χ1n) is 8.06. The molecular weight excluding hydrogens is 314 g/mol. The lowest BCUT2D eigenvalue weighted by atomic mass is 10.0. The highest BCUT2D eigenvalue weighted by molar-refractivity contribution is 6.00. The van der Waals surface area contributed by atoms with Crippen LogP contribution in [0, 0.1) is 13.8 Å². The van der Waals surface area contributed by atoms with E-state index in [9.17, 15) is 4.79 Å². The van der Waals surface area contributed by atoms with Crippen LogP contribution in [0.15, 0.2) is 54.7 Å². The number of carbonyl (C=O) groups is 1. The fourth-order valence-corrected chi connectivity index (χ4v) is 2.87. The Balaban J connectivity index is 2.19. The summed E-state index contributed by atoms with van der Waals surface area (Å²) in [6, 6.07) is 15.6. The molecule has 3 rings (SSSR count). The van der Waals surface area contributed by atoms with Gasteiger partial charge in [0.1, 0.15) is 5.82 Å². The van der Waals surface area contributed by atoms with Crippen molar-refractivity contribution in [3.63, 3.8) is 0 Å². The standard InChI is InChI=1S/C20H21N3O2/c1-14-10-11-15(2)23(14)19-12-17(20(24)22(3)25-4)18(13-21-19)16-8-6-5-7-9-16/h5-13H,1-4H3. The molecule has 128 valence electrons. The van der Waals surface area contributed by atoms with E-state index in [4.69, 9.17) is 4.84 Å². The van der Waals surface area contributed by atoms with Crippen LogP contribution in [0.5, 0.6) is 0 Å². The molecule has 0 unspecified atom stereocenters. The van der Waals surface area contributed by atoms with Crippen molar-refractivity contribution in [3.05, 3.63) is 71.7 Å². The Kier molecular flexibility index (Phi) is 4.67. The van der Waals surface area contributed by atoms with E-state index in [1.54, 1.807) is 13.2 Å². The average molecular weight is 335 g/mol. The number of hydrogen-bond donors (Lipinski definition) is 0. The number of pyridine rings is 1. The van der Waals surface area contributed by atoms with Crippen LogP contribution in [0.2, 0.25) is 0 Å². The fourth-order valence-electron chi connectivity index (χ4n) is 2.87. The molecule has 0 fully saturated rings. The maximum Gasteiger partial charge on any atom is 0.277 e. The van der Waals surface area contributed by atoms with E-state index >= 15 is 0 Å². The molecule has 0 saturated carbocycles. The molecule has 0 aliphatic heterocycles. The summed E-state index contributed by atoms with van der Waals surface area (Å²) in [5.41, 5.74) is 4.40. The van der Waals surface area contributed by atoms with E-state index in [0.29, 0.717) is 11.4 Å². The van der Waals surface area contributed by atoms with Crippen molar-refractivity contribution in [2.45, 2.75) is 13.8 Å². The summed E-state index contributed by atoms with van der Waals surface area (Å²) in [5, 5.41) is 1.22. The summed E-state index contributed by atoms with van der Waals surface area (Å²) in [6.07, 6.45) is 1.75. The molecule has 0 aliphatic rings. The normalized spacial score (nSPS) is 10.7. The second kappa shape index (κ2) is 6.91. The van der Waals surface area contributed by atoms with Crippen LogP contribution in [0.25, 0.3) is 16.9 Å². The number of benzene rings is 1. The number of nitrogens with zero attached hydrogens (tertiary/aromatic N) is 3. The predicted molar refractivity (Wildman–Crippen MR) is 97.6 cm³/mol. The number of aromatic nitrogens is 2. The Labute approximate surface area is 147 Å². The molecular formula is C20H21N3O2. The summed E-state index contributed by atoms with van der Waals surface area (Å²) in [7, 11) is 3.08. The van der Waals surface area contributed by atoms with Crippen LogP contribution in [-0.2, 0) is 4.84 Å². The fraction of sp³-hybridized carbons (Fsp3) is 0.200. The summed E-state index contributed by atoms with van der Waals surface area (Å²) < 4.78 is 2.03. The zero-order chi connectivity index (χ0) is 18.0. The highest BCUT2D eigenvalue weighted by Gasteiger charge is 2.19. The first-order chi connectivity index (χ1) is 12.0. The van der Waals surface area contributed by atoms with E-state index in [-0.39, 0.29) is 5.91 Å². The Hall–Kier alpha value is -2.92. The first-order valence-corrected chi connectivity index (χ1v) is 8.06. The second-order valence-electron chi connectivity index (χ2n) is 5.89. The van der Waals surface area contributed by atoms with Crippen LogP contribution in [-0.4, -0.2) is 34.7 Å². The van der Waals surface area contributed by atoms with Gasteiger partial charge in [0, 0.05) is 30.2 Å². The molecule has 5 heteroatoms. The van der Waals surface area contributed by atoms with Crippen molar-refractivity contribution in [1.82, 2.24) is 14.6 Å². The van der Waals surface area contributed by atoms with Crippen molar-refractivity contribution < 1.29 is 9.63 Å². The molecule has 0 atom stereocenters. The van der Waals surface area contributed by atoms with Gasteiger partial charge in [-0.25, -0.2) is 10.0 Å². The third kappa shape index (κ3) is 3.19. The summed E-state index contributed by atoms with van der Waals surface area (Å²) in [6.45, 7) is 4.03. The topological polar surface area (TPSA) is 47.4 Å². The molecule has 3 aromatic rings. The second-order valence-corrected chi connectivity index (χ2v) is 5.89. The van der Waals surface area contributed by atoms with E-state index in [0.717, 1.165) is 22.5 Å². The van der Waals surface area contributed by atoms with E-state index in [2.05, 4.69) is 4.98 Å². The van der Waals surface area contributed by atoms with Gasteiger partial charge in [0.15, 0.2) is 0 Å². The van der Waals surface area contributed by atoms with Crippen molar-refractivity contribution in [2.75, 3.05) is 14.2 Å². The summed E-state index contributed by atoms with van der Waals surface area (Å²) in [5.74, 6) is 0.500. The number of rotatable bonds is 4. The number of hydroxylamine groups is 2. The zero-order valence-electron chi connectivity index (χ0n) is 14.9. The highest BCUT2D eigenvalue weighted by atomic mass is 16.7. The molecule has 0 spiro atoms. The Morgan fingerprint density at radius 2 is 1.72 bits per heavy atom. The number of carbonyl (C=O) groups excluding carboxylic acids is 1. The Morgan fingerprint density at radius 3 is 2.32 bits per heavy atom. The van der Waals surface area contributed by atoms with Gasteiger partial charge in [0.25, 0.3) is 5.91 Å². The predicted octanol–water partition coefficient (Wildman–Crippen LogP) is 3.79. The van der Waals surface area contributed by atoms with Gasteiger partial charge in [0.05, 0.1) is 12.7 Å². The van der Waals surface area contributed by atoms with Crippen molar-refractivity contribution in [1.29, 1.82) is 0 Å². The van der Waals surface area contributed by atoms with Crippen LogP contribution in [0.4, 0.5) is 0 Å². The minimum absolute atomic E-state index is 0.215. The lowest BCUT2D eigenvalue weighted by Gasteiger charge is -2.18. The Morgan fingerprint density at radius 1 is 1.08 bits per heavy atom. The third-order valence-electron chi connectivity index (χ3n) is 4.26. The van der Waals surface area contributed by atoms with Crippen LogP contribution in [0.1, 0.15) is 21.7 Å². The minimum Gasteiger partial charge on any atom is -0.303 e. The van der Waals surface area contributed by atoms with Crippen LogP contribution in [0.3, 0.4) is 0 Å². The summed E-state index contributed by atoms with van der Waals surface area (Å²) >= 11 is 0. The molecule has 1 aromatic carbocycles. The monoisotopic (exact) mass is 335 g/mol. The zero-order valence-corrected chi connectivity index (χ0v) is 14.9. The van der Waals surface area contributed by atoms with E-state index in [1.165, 1.54) is 12.2 Å². The van der Waals surface area contributed by atoms with Crippen LogP contribution < -0.4 is 0 Å². The SMILES string of the molecule is CON(C)C(=O)c1cc(-n2c(C)ccc2C)ncc1-c1ccccc1. The molecule has 1 amide bonds. The molecule has 5 nitrogen and oxygen atoms in total. The molecule has 25 heavy (non-hydrogen) atoms. The highest BCUT2D eigenvalue weighted by Crippen LogP contribution is 2.26. The maximum atomic E-state index is 12.8. The smallest absolute Gasteiger partial charge is 0.277 e. The number of hydrogen-bond acceptors (Lipinski definition) is 3. The van der Waals surface area contributed by atoms with Gasteiger partial charge in [0.2, 0.25) is 0 Å². The molecule has 2 aromatic heterocycles. The van der Waals surface area contributed by atoms with Gasteiger partial charge in [-0.2, -0.15) is 0 Å². The first kappa shape index (κ1) is 16.9. The van der Waals surface area contributed by atoms with Gasteiger partial charge >= 0.3 is 0 Å². The van der Waals surface area contributed by atoms with Gasteiger partial charge in [-0.05, 0) is 37.6 Å². The maximum absolute atomic E-state index is 12.8. The number of aryl methyl sites for hydroxylation is 2. The Bertz CT molecular complexity index is 881. The molecule has 0 saturated heterocycles. The van der Waals surface area contributed by atoms with Gasteiger partial charge < -0.3 is 4.57 Å².